The maximum atomic E-state index is 12.7. The Labute approximate surface area is 165 Å². The molecule has 2 heterocycles. The van der Waals surface area contributed by atoms with Crippen molar-refractivity contribution in [3.63, 3.8) is 0 Å². The molecule has 4 aromatic rings. The number of fused-ring (bicyclic) bond motifs is 1. The number of rotatable bonds is 6. The van der Waals surface area contributed by atoms with E-state index < -0.39 is 21.8 Å². The normalized spacial score (nSPS) is 13.5. The van der Waals surface area contributed by atoms with E-state index in [2.05, 4.69) is 14.7 Å². The Balaban J connectivity index is 1.61. The predicted molar refractivity (Wildman–Crippen MR) is 106 cm³/mol. The van der Waals surface area contributed by atoms with Gasteiger partial charge in [0.25, 0.3) is 0 Å². The molecule has 0 saturated heterocycles. The van der Waals surface area contributed by atoms with Gasteiger partial charge in [-0.1, -0.05) is 29.8 Å². The lowest BCUT2D eigenvalue weighted by Crippen LogP contribution is -2.08. The van der Waals surface area contributed by atoms with Gasteiger partial charge in [-0.15, -0.1) is 0 Å². The molecule has 0 amide bonds. The topological polar surface area (TPSA) is 88.0 Å². The van der Waals surface area contributed by atoms with Crippen molar-refractivity contribution >= 4 is 50.0 Å². The second kappa shape index (κ2) is 7.67. The van der Waals surface area contributed by atoms with Gasteiger partial charge in [-0.3, -0.25) is 8.93 Å². The third-order valence-electron chi connectivity index (χ3n) is 3.80. The molecule has 2 atom stereocenters. The van der Waals surface area contributed by atoms with Gasteiger partial charge in [0.15, 0.2) is 11.0 Å². The van der Waals surface area contributed by atoms with E-state index in [-0.39, 0.29) is 10.8 Å². The van der Waals surface area contributed by atoms with Gasteiger partial charge in [0.2, 0.25) is 5.09 Å². The summed E-state index contributed by atoms with van der Waals surface area (Å²) in [5, 5.41) is 1.58. The van der Waals surface area contributed by atoms with Crippen LogP contribution < -0.4 is 4.72 Å². The van der Waals surface area contributed by atoms with Crippen molar-refractivity contribution in [3.05, 3.63) is 71.8 Å². The summed E-state index contributed by atoms with van der Waals surface area (Å²) in [6.45, 7) is 0. The molecule has 0 radical (unpaired) electrons. The SMILES string of the molecule is O=S(Cc1ncc[nH]1)c1ccc(Cl)cc1NS(=O)c1cc2ccccc2o1. The molecular weight excluding hydrogens is 406 g/mol. The first-order valence-corrected chi connectivity index (χ1v) is 10.8. The maximum absolute atomic E-state index is 12.7. The minimum atomic E-state index is -1.67. The van der Waals surface area contributed by atoms with E-state index in [4.69, 9.17) is 16.0 Å². The van der Waals surface area contributed by atoms with Crippen molar-refractivity contribution in [2.75, 3.05) is 4.72 Å². The number of halogens is 1. The minimum absolute atomic E-state index is 0.209. The number of nitrogens with one attached hydrogen (secondary N) is 2. The molecule has 0 aliphatic carbocycles. The zero-order valence-electron chi connectivity index (χ0n) is 13.8. The fourth-order valence-electron chi connectivity index (χ4n) is 2.56. The van der Waals surface area contributed by atoms with E-state index in [0.29, 0.717) is 27.0 Å². The summed E-state index contributed by atoms with van der Waals surface area (Å²) in [4.78, 5) is 7.50. The van der Waals surface area contributed by atoms with Crippen LogP contribution in [0.25, 0.3) is 11.0 Å². The van der Waals surface area contributed by atoms with Gasteiger partial charge < -0.3 is 9.40 Å². The summed E-state index contributed by atoms with van der Waals surface area (Å²) in [7, 11) is -3.07. The summed E-state index contributed by atoms with van der Waals surface area (Å²) < 4.78 is 34.0. The van der Waals surface area contributed by atoms with Gasteiger partial charge in [0.05, 0.1) is 27.1 Å². The number of furan rings is 1. The smallest absolute Gasteiger partial charge is 0.212 e. The molecule has 0 bridgehead atoms. The van der Waals surface area contributed by atoms with Crippen molar-refractivity contribution in [2.45, 2.75) is 15.7 Å². The number of nitrogens with zero attached hydrogens (tertiary/aromatic N) is 1. The van der Waals surface area contributed by atoms with E-state index in [1.54, 1.807) is 42.7 Å². The Morgan fingerprint density at radius 2 is 2.00 bits per heavy atom. The Morgan fingerprint density at radius 1 is 1.15 bits per heavy atom. The molecular formula is C18H14ClN3O3S2. The lowest BCUT2D eigenvalue weighted by molar-refractivity contribution is 0.504. The van der Waals surface area contributed by atoms with Crippen molar-refractivity contribution in [1.82, 2.24) is 9.97 Å². The van der Waals surface area contributed by atoms with Crippen LogP contribution in [0.15, 0.2) is 75.3 Å². The van der Waals surface area contributed by atoms with Gasteiger partial charge in [-0.2, -0.15) is 0 Å². The highest BCUT2D eigenvalue weighted by Gasteiger charge is 2.17. The molecule has 0 saturated carbocycles. The molecule has 4 rings (SSSR count). The third kappa shape index (κ3) is 3.97. The number of imidazole rings is 1. The largest absolute Gasteiger partial charge is 0.445 e. The molecule has 27 heavy (non-hydrogen) atoms. The lowest BCUT2D eigenvalue weighted by Gasteiger charge is -2.10. The zero-order valence-corrected chi connectivity index (χ0v) is 16.2. The zero-order chi connectivity index (χ0) is 18.8. The van der Waals surface area contributed by atoms with Gasteiger partial charge in [-0.25, -0.2) is 9.19 Å². The number of anilines is 1. The highest BCUT2D eigenvalue weighted by Crippen LogP contribution is 2.28. The summed E-state index contributed by atoms with van der Waals surface area (Å²) >= 11 is 6.08. The molecule has 9 heteroatoms. The summed E-state index contributed by atoms with van der Waals surface area (Å²) in [5.74, 6) is 0.813. The fraction of sp³-hybridized carbons (Fsp3) is 0.0556. The first kappa shape index (κ1) is 18.0. The van der Waals surface area contributed by atoms with Gasteiger partial charge >= 0.3 is 0 Å². The molecule has 2 unspecified atom stereocenters. The Hall–Kier alpha value is -2.42. The average Bonchev–Trinajstić information content (AvgIpc) is 3.30. The fourth-order valence-corrected chi connectivity index (χ4v) is 4.80. The Kier molecular flexibility index (Phi) is 5.11. The Bertz CT molecular complexity index is 1110. The number of hydrogen-bond acceptors (Lipinski definition) is 4. The standard InChI is InChI=1S/C18H14ClN3O3S2/c19-13-5-6-16(26(23)11-17-20-7-8-21-17)14(10-13)22-27(24)18-9-12-3-1-2-4-15(12)25-18/h1-10,22H,11H2,(H,20,21). The number of aromatic nitrogens is 2. The molecule has 2 N–H and O–H groups in total. The lowest BCUT2D eigenvalue weighted by atomic mass is 10.3. The number of H-pyrrole nitrogens is 1. The molecule has 138 valence electrons. The first-order valence-electron chi connectivity index (χ1n) is 7.93. The maximum Gasteiger partial charge on any atom is 0.212 e. The van der Waals surface area contributed by atoms with Crippen LogP contribution in [0.4, 0.5) is 5.69 Å². The highest BCUT2D eigenvalue weighted by atomic mass is 35.5. The molecule has 0 aliphatic heterocycles. The molecule has 6 nitrogen and oxygen atoms in total. The Morgan fingerprint density at radius 3 is 2.78 bits per heavy atom. The van der Waals surface area contributed by atoms with E-state index in [1.807, 2.05) is 18.2 Å². The van der Waals surface area contributed by atoms with Crippen LogP contribution in [-0.2, 0) is 27.5 Å². The van der Waals surface area contributed by atoms with E-state index in [9.17, 15) is 8.42 Å². The highest BCUT2D eigenvalue weighted by molar-refractivity contribution is 7.86. The molecule has 2 aromatic carbocycles. The van der Waals surface area contributed by atoms with E-state index >= 15 is 0 Å². The van der Waals surface area contributed by atoms with Crippen LogP contribution in [0.5, 0.6) is 0 Å². The van der Waals surface area contributed by atoms with Crippen molar-refractivity contribution in [1.29, 1.82) is 0 Å². The summed E-state index contributed by atoms with van der Waals surface area (Å²) in [6, 6.07) is 14.0. The van der Waals surface area contributed by atoms with Crippen LogP contribution >= 0.6 is 11.6 Å². The molecule has 2 aromatic heterocycles. The van der Waals surface area contributed by atoms with Crippen LogP contribution in [0.3, 0.4) is 0 Å². The summed E-state index contributed by atoms with van der Waals surface area (Å²) in [6.07, 6.45) is 3.27. The third-order valence-corrected chi connectivity index (χ3v) is 6.39. The van der Waals surface area contributed by atoms with Gasteiger partial charge in [-0.05, 0) is 24.3 Å². The number of benzene rings is 2. The molecule has 0 spiro atoms. The molecule has 0 fully saturated rings. The minimum Gasteiger partial charge on any atom is -0.445 e. The molecule has 0 aliphatic rings. The monoisotopic (exact) mass is 419 g/mol. The van der Waals surface area contributed by atoms with Crippen molar-refractivity contribution in [2.24, 2.45) is 0 Å². The quantitative estimate of drug-likeness (QED) is 0.489. The van der Waals surface area contributed by atoms with Crippen LogP contribution in [-0.4, -0.2) is 18.4 Å². The van der Waals surface area contributed by atoms with E-state index in [1.165, 1.54) is 0 Å². The first-order chi connectivity index (χ1) is 13.1. The summed E-state index contributed by atoms with van der Waals surface area (Å²) in [5.41, 5.74) is 1.07. The van der Waals surface area contributed by atoms with Crippen molar-refractivity contribution < 1.29 is 12.8 Å². The second-order valence-electron chi connectivity index (χ2n) is 5.64. The second-order valence-corrected chi connectivity index (χ2v) is 8.64. The van der Waals surface area contributed by atoms with E-state index in [0.717, 1.165) is 5.39 Å². The number of aromatic amines is 1. The van der Waals surface area contributed by atoms with Gasteiger partial charge in [0.1, 0.15) is 11.4 Å². The number of hydrogen-bond donors (Lipinski definition) is 2. The predicted octanol–water partition coefficient (Wildman–Crippen LogP) is 4.25. The van der Waals surface area contributed by atoms with Crippen LogP contribution in [0.2, 0.25) is 5.02 Å². The van der Waals surface area contributed by atoms with Crippen LogP contribution in [0.1, 0.15) is 5.82 Å². The van der Waals surface area contributed by atoms with Crippen LogP contribution in [0, 0.1) is 0 Å². The average molecular weight is 420 g/mol. The number of para-hydroxylation sites is 1. The van der Waals surface area contributed by atoms with Crippen molar-refractivity contribution in [3.8, 4) is 0 Å². The van der Waals surface area contributed by atoms with Gasteiger partial charge in [0, 0.05) is 28.9 Å².